The molecule has 1 aromatic rings. The zero-order chi connectivity index (χ0) is 15.4. The number of fused-ring (bicyclic) bond motifs is 1. The fourth-order valence-corrected chi connectivity index (χ4v) is 2.50. The summed E-state index contributed by atoms with van der Waals surface area (Å²) in [5.74, 6) is 2.26. The zero-order valence-corrected chi connectivity index (χ0v) is 13.6. The van der Waals surface area contributed by atoms with Crippen molar-refractivity contribution in [1.82, 2.24) is 4.90 Å². The molecule has 0 saturated heterocycles. The molecule has 0 amide bonds. The lowest BCUT2D eigenvalue weighted by atomic mass is 10.0. The van der Waals surface area contributed by atoms with Gasteiger partial charge in [-0.2, -0.15) is 0 Å². The smallest absolute Gasteiger partial charge is 0.161 e. The Hall–Kier alpha value is -1.26. The van der Waals surface area contributed by atoms with Crippen LogP contribution in [-0.4, -0.2) is 37.7 Å². The van der Waals surface area contributed by atoms with Crippen LogP contribution in [-0.2, 0) is 0 Å². The van der Waals surface area contributed by atoms with Gasteiger partial charge in [-0.25, -0.2) is 0 Å². The van der Waals surface area contributed by atoms with E-state index >= 15 is 0 Å². The van der Waals surface area contributed by atoms with Crippen LogP contribution < -0.4 is 15.2 Å². The summed E-state index contributed by atoms with van der Waals surface area (Å²) in [6.07, 6.45) is 0.921. The normalized spacial score (nSPS) is 17.7. The Balaban J connectivity index is 2.05. The van der Waals surface area contributed by atoms with Gasteiger partial charge < -0.3 is 20.1 Å². The van der Waals surface area contributed by atoms with Crippen molar-refractivity contribution in [3.05, 3.63) is 23.8 Å². The van der Waals surface area contributed by atoms with E-state index in [1.54, 1.807) is 0 Å². The minimum Gasteiger partial charge on any atom is -0.490 e. The third kappa shape index (κ3) is 4.11. The maximum Gasteiger partial charge on any atom is 0.161 e. The van der Waals surface area contributed by atoms with Crippen molar-refractivity contribution >= 4 is 0 Å². The van der Waals surface area contributed by atoms with Crippen molar-refractivity contribution in [2.24, 2.45) is 11.7 Å². The topological polar surface area (TPSA) is 47.7 Å². The van der Waals surface area contributed by atoms with Gasteiger partial charge in [0, 0.05) is 25.0 Å². The number of benzene rings is 1. The molecule has 0 spiro atoms. The maximum atomic E-state index is 6.37. The van der Waals surface area contributed by atoms with E-state index in [9.17, 15) is 0 Å². The van der Waals surface area contributed by atoms with Gasteiger partial charge in [-0.15, -0.1) is 0 Å². The molecule has 0 aromatic heterocycles. The Morgan fingerprint density at radius 3 is 2.48 bits per heavy atom. The lowest BCUT2D eigenvalue weighted by Crippen LogP contribution is -2.38. The van der Waals surface area contributed by atoms with Crippen molar-refractivity contribution in [2.75, 3.05) is 26.8 Å². The van der Waals surface area contributed by atoms with Crippen LogP contribution in [0.5, 0.6) is 11.5 Å². The molecule has 0 saturated carbocycles. The molecule has 2 rings (SSSR count). The third-order valence-corrected chi connectivity index (χ3v) is 4.34. The first kappa shape index (κ1) is 16.1. The van der Waals surface area contributed by atoms with Gasteiger partial charge in [0.1, 0.15) is 0 Å². The van der Waals surface area contributed by atoms with Crippen molar-refractivity contribution in [3.63, 3.8) is 0 Å². The fraction of sp³-hybridized carbons (Fsp3) is 0.647. The SMILES string of the molecule is CC(C)C(C)N(C)CC(N)c1ccc2c(c1)OCCCO2. The monoisotopic (exact) mass is 292 g/mol. The number of nitrogens with zero attached hydrogens (tertiary/aromatic N) is 1. The first-order valence-corrected chi connectivity index (χ1v) is 7.84. The minimum atomic E-state index is -0.0200. The van der Waals surface area contributed by atoms with Crippen LogP contribution in [0.25, 0.3) is 0 Å². The lowest BCUT2D eigenvalue weighted by Gasteiger charge is -2.30. The van der Waals surface area contributed by atoms with Gasteiger partial charge in [-0.3, -0.25) is 0 Å². The summed E-state index contributed by atoms with van der Waals surface area (Å²) in [5, 5.41) is 0. The molecule has 4 heteroatoms. The standard InChI is InChI=1S/C17H28N2O2/c1-12(2)13(3)19(4)11-15(18)14-6-7-16-17(10-14)21-9-5-8-20-16/h6-7,10,12-13,15H,5,8-9,11,18H2,1-4H3. The molecule has 1 aliphatic heterocycles. The van der Waals surface area contributed by atoms with Gasteiger partial charge in [-0.1, -0.05) is 19.9 Å². The van der Waals surface area contributed by atoms with Crippen LogP contribution in [0.2, 0.25) is 0 Å². The average Bonchev–Trinajstić information content (AvgIpc) is 2.70. The van der Waals surface area contributed by atoms with Gasteiger partial charge >= 0.3 is 0 Å². The first-order valence-electron chi connectivity index (χ1n) is 7.84. The second kappa shape index (κ2) is 7.14. The van der Waals surface area contributed by atoms with Crippen molar-refractivity contribution in [3.8, 4) is 11.5 Å². The number of hydrogen-bond donors (Lipinski definition) is 1. The van der Waals surface area contributed by atoms with Crippen LogP contribution in [0.15, 0.2) is 18.2 Å². The number of hydrogen-bond acceptors (Lipinski definition) is 4. The second-order valence-electron chi connectivity index (χ2n) is 6.29. The number of nitrogens with two attached hydrogens (primary N) is 1. The fourth-order valence-electron chi connectivity index (χ4n) is 2.50. The molecule has 0 radical (unpaired) electrons. The summed E-state index contributed by atoms with van der Waals surface area (Å²) in [5.41, 5.74) is 7.47. The summed E-state index contributed by atoms with van der Waals surface area (Å²) in [4.78, 5) is 2.32. The van der Waals surface area contributed by atoms with Crippen LogP contribution in [0.3, 0.4) is 0 Å². The predicted molar refractivity (Wildman–Crippen MR) is 85.9 cm³/mol. The Bertz CT molecular complexity index is 462. The molecule has 0 fully saturated rings. The van der Waals surface area contributed by atoms with E-state index in [0.717, 1.165) is 30.0 Å². The van der Waals surface area contributed by atoms with Crippen LogP contribution in [0.4, 0.5) is 0 Å². The molecule has 118 valence electrons. The molecular formula is C17H28N2O2. The summed E-state index contributed by atoms with van der Waals surface area (Å²) in [6, 6.07) is 6.54. The predicted octanol–water partition coefficient (Wildman–Crippen LogP) is 2.82. The van der Waals surface area contributed by atoms with E-state index in [2.05, 4.69) is 32.7 Å². The van der Waals surface area contributed by atoms with Gasteiger partial charge in [0.25, 0.3) is 0 Å². The first-order chi connectivity index (χ1) is 9.99. The van der Waals surface area contributed by atoms with Crippen molar-refractivity contribution in [2.45, 2.75) is 39.3 Å². The molecule has 1 aliphatic rings. The second-order valence-corrected chi connectivity index (χ2v) is 6.29. The molecule has 2 N–H and O–H groups in total. The van der Waals surface area contributed by atoms with E-state index in [0.29, 0.717) is 25.2 Å². The molecule has 1 heterocycles. The number of ether oxygens (including phenoxy) is 2. The number of rotatable bonds is 5. The maximum absolute atomic E-state index is 6.37. The van der Waals surface area contributed by atoms with Gasteiger partial charge in [0.05, 0.1) is 13.2 Å². The van der Waals surface area contributed by atoms with Crippen molar-refractivity contribution < 1.29 is 9.47 Å². The summed E-state index contributed by atoms with van der Waals surface area (Å²) in [7, 11) is 2.13. The Labute approximate surface area is 128 Å². The highest BCUT2D eigenvalue weighted by atomic mass is 16.5. The van der Waals surface area contributed by atoms with E-state index < -0.39 is 0 Å². The molecule has 2 unspecified atom stereocenters. The third-order valence-electron chi connectivity index (χ3n) is 4.34. The van der Waals surface area contributed by atoms with E-state index in [4.69, 9.17) is 15.2 Å². The van der Waals surface area contributed by atoms with E-state index in [1.807, 2.05) is 18.2 Å². The molecular weight excluding hydrogens is 264 g/mol. The largest absolute Gasteiger partial charge is 0.490 e. The highest BCUT2D eigenvalue weighted by Crippen LogP contribution is 2.32. The van der Waals surface area contributed by atoms with Gasteiger partial charge in [0.2, 0.25) is 0 Å². The summed E-state index contributed by atoms with van der Waals surface area (Å²) < 4.78 is 11.4. The molecule has 1 aromatic carbocycles. The van der Waals surface area contributed by atoms with Crippen molar-refractivity contribution in [1.29, 1.82) is 0 Å². The van der Waals surface area contributed by atoms with Crippen LogP contribution >= 0.6 is 0 Å². The number of likely N-dealkylation sites (N-methyl/N-ethyl adjacent to an activating group) is 1. The highest BCUT2D eigenvalue weighted by Gasteiger charge is 2.18. The van der Waals surface area contributed by atoms with Gasteiger partial charge in [-0.05, 0) is 37.6 Å². The Morgan fingerprint density at radius 1 is 1.14 bits per heavy atom. The molecule has 4 nitrogen and oxygen atoms in total. The quantitative estimate of drug-likeness (QED) is 0.906. The lowest BCUT2D eigenvalue weighted by molar-refractivity contribution is 0.197. The zero-order valence-electron chi connectivity index (χ0n) is 13.6. The van der Waals surface area contributed by atoms with Crippen LogP contribution in [0.1, 0.15) is 38.8 Å². The molecule has 2 atom stereocenters. The van der Waals surface area contributed by atoms with Gasteiger partial charge in [0.15, 0.2) is 11.5 Å². The highest BCUT2D eigenvalue weighted by molar-refractivity contribution is 5.44. The van der Waals surface area contributed by atoms with E-state index in [-0.39, 0.29) is 6.04 Å². The Morgan fingerprint density at radius 2 is 1.81 bits per heavy atom. The Kier molecular flexibility index (Phi) is 5.48. The minimum absolute atomic E-state index is 0.0200. The van der Waals surface area contributed by atoms with E-state index in [1.165, 1.54) is 0 Å². The summed E-state index contributed by atoms with van der Waals surface area (Å²) >= 11 is 0. The van der Waals surface area contributed by atoms with Crippen LogP contribution in [0, 0.1) is 5.92 Å². The molecule has 0 aliphatic carbocycles. The average molecular weight is 292 g/mol. The molecule has 21 heavy (non-hydrogen) atoms. The summed E-state index contributed by atoms with van der Waals surface area (Å²) in [6.45, 7) is 8.97. The molecule has 0 bridgehead atoms.